The Bertz CT molecular complexity index is 1110. The van der Waals surface area contributed by atoms with E-state index < -0.39 is 21.7 Å². The van der Waals surface area contributed by atoms with Gasteiger partial charge in [-0.2, -0.15) is 13.2 Å². The highest BCUT2D eigenvalue weighted by Gasteiger charge is 2.33. The number of rotatable bonds is 3. The molecule has 11 heteroatoms. The number of hydrogen-bond donors (Lipinski definition) is 0. The van der Waals surface area contributed by atoms with E-state index in [-0.39, 0.29) is 27.7 Å². The van der Waals surface area contributed by atoms with Crippen molar-refractivity contribution in [2.75, 3.05) is 5.75 Å². The Labute approximate surface area is 155 Å². The minimum Gasteiger partial charge on any atom is -0.324 e. The second kappa shape index (κ2) is 6.31. The second-order valence-corrected chi connectivity index (χ2v) is 8.62. The molecule has 0 fully saturated rings. The lowest BCUT2D eigenvalue weighted by atomic mass is 10.3. The largest absolute Gasteiger partial charge is 0.433 e. The van der Waals surface area contributed by atoms with Crippen molar-refractivity contribution >= 4 is 36.8 Å². The van der Waals surface area contributed by atoms with Crippen molar-refractivity contribution in [3.8, 4) is 11.5 Å². The van der Waals surface area contributed by atoms with E-state index in [9.17, 15) is 21.6 Å². The van der Waals surface area contributed by atoms with E-state index in [0.29, 0.717) is 9.99 Å². The molecule has 3 rings (SSSR count). The van der Waals surface area contributed by atoms with Gasteiger partial charge in [-0.3, -0.25) is 4.98 Å². The Kier molecular flexibility index (Phi) is 4.55. The number of aromatic nitrogens is 4. The van der Waals surface area contributed by atoms with Crippen LogP contribution in [-0.2, 0) is 23.1 Å². The molecule has 3 heterocycles. The van der Waals surface area contributed by atoms with Gasteiger partial charge in [-0.1, -0.05) is 6.92 Å². The van der Waals surface area contributed by atoms with E-state index >= 15 is 0 Å². The predicted molar refractivity (Wildman–Crippen MR) is 92.2 cm³/mol. The summed E-state index contributed by atoms with van der Waals surface area (Å²) in [7, 11) is -2.07. The van der Waals surface area contributed by atoms with E-state index in [4.69, 9.17) is 0 Å². The van der Waals surface area contributed by atoms with E-state index in [2.05, 4.69) is 30.9 Å². The zero-order valence-electron chi connectivity index (χ0n) is 13.5. The number of fused-ring (bicyclic) bond motifs is 1. The molecule has 0 atom stereocenters. The number of halogens is 4. The summed E-state index contributed by atoms with van der Waals surface area (Å²) in [4.78, 5) is 11.7. The third-order valence-corrected chi connectivity index (χ3v) is 5.98. The average Bonchev–Trinajstić information content (AvgIpc) is 2.90. The first-order valence-corrected chi connectivity index (χ1v) is 9.77. The first-order valence-electron chi connectivity index (χ1n) is 7.33. The maximum Gasteiger partial charge on any atom is 0.433 e. The number of sulfone groups is 1. The summed E-state index contributed by atoms with van der Waals surface area (Å²) in [6.45, 7) is 1.49. The summed E-state index contributed by atoms with van der Waals surface area (Å²) in [6.07, 6.45) is -2.14. The molecule has 0 aliphatic heterocycles. The van der Waals surface area contributed by atoms with Crippen LogP contribution in [0.25, 0.3) is 22.6 Å². The molecule has 0 spiro atoms. The molecule has 3 aromatic heterocycles. The number of nitrogens with zero attached hydrogens (tertiary/aromatic N) is 4. The molecule has 0 aliphatic rings. The third-order valence-electron chi connectivity index (χ3n) is 3.80. The van der Waals surface area contributed by atoms with Crippen LogP contribution in [0.2, 0.25) is 0 Å². The monoisotopic (exact) mass is 448 g/mol. The van der Waals surface area contributed by atoms with E-state index in [1.165, 1.54) is 23.8 Å². The number of aryl methyl sites for hydroxylation is 1. The van der Waals surface area contributed by atoms with Gasteiger partial charge in [-0.15, -0.1) is 0 Å². The summed E-state index contributed by atoms with van der Waals surface area (Å²) in [5, 5.41) is 0. The third kappa shape index (κ3) is 3.20. The molecule has 0 N–H and O–H groups in total. The lowest BCUT2D eigenvalue weighted by Gasteiger charge is -2.09. The van der Waals surface area contributed by atoms with Gasteiger partial charge in [0.2, 0.25) is 0 Å². The van der Waals surface area contributed by atoms with Crippen molar-refractivity contribution < 1.29 is 21.6 Å². The van der Waals surface area contributed by atoms with Gasteiger partial charge < -0.3 is 4.57 Å². The van der Waals surface area contributed by atoms with Crippen molar-refractivity contribution in [3.05, 3.63) is 34.7 Å². The summed E-state index contributed by atoms with van der Waals surface area (Å²) in [5.41, 5.74) is -0.617. The standard InChI is InChI=1S/C15H12BrF3N4O2S/c1-3-26(24,25)11-4-8(16)6-21-13(11)14-22-9-5-12(15(17,18)19)20-7-10(9)23(14)2/h4-7H,3H2,1-2H3. The minimum absolute atomic E-state index is 0.0446. The summed E-state index contributed by atoms with van der Waals surface area (Å²) >= 11 is 3.19. The van der Waals surface area contributed by atoms with Gasteiger partial charge in [0.15, 0.2) is 15.7 Å². The van der Waals surface area contributed by atoms with Crippen molar-refractivity contribution in [1.29, 1.82) is 0 Å². The summed E-state index contributed by atoms with van der Waals surface area (Å²) < 4.78 is 65.3. The molecule has 0 saturated carbocycles. The molecule has 0 aromatic carbocycles. The number of hydrogen-bond acceptors (Lipinski definition) is 5. The maximum atomic E-state index is 12.9. The fraction of sp³-hybridized carbons (Fsp3) is 0.267. The zero-order chi connectivity index (χ0) is 19.3. The van der Waals surface area contributed by atoms with E-state index in [0.717, 1.165) is 12.3 Å². The Morgan fingerprint density at radius 2 is 1.88 bits per heavy atom. The number of pyridine rings is 2. The van der Waals surface area contributed by atoms with Gasteiger partial charge in [0.25, 0.3) is 0 Å². The minimum atomic E-state index is -4.60. The number of imidazole rings is 1. The van der Waals surface area contributed by atoms with E-state index in [1.807, 2.05) is 0 Å². The molecule has 0 amide bonds. The van der Waals surface area contributed by atoms with Gasteiger partial charge in [0, 0.05) is 17.7 Å². The number of alkyl halides is 3. The first-order chi connectivity index (χ1) is 12.0. The van der Waals surface area contributed by atoms with Crippen LogP contribution in [0, 0.1) is 0 Å². The van der Waals surface area contributed by atoms with Crippen LogP contribution in [-0.4, -0.2) is 33.7 Å². The van der Waals surface area contributed by atoms with Gasteiger partial charge in [0.1, 0.15) is 11.4 Å². The fourth-order valence-corrected chi connectivity index (χ4v) is 3.98. The van der Waals surface area contributed by atoms with Crippen molar-refractivity contribution in [3.63, 3.8) is 0 Å². The molecule has 3 aromatic rings. The zero-order valence-corrected chi connectivity index (χ0v) is 15.9. The first kappa shape index (κ1) is 18.8. The maximum absolute atomic E-state index is 12.9. The molecular formula is C15H12BrF3N4O2S. The Morgan fingerprint density at radius 1 is 1.19 bits per heavy atom. The van der Waals surface area contributed by atoms with Crippen LogP contribution in [0.3, 0.4) is 0 Å². The Balaban J connectivity index is 2.29. The fourth-order valence-electron chi connectivity index (χ4n) is 2.44. The highest BCUT2D eigenvalue weighted by atomic mass is 79.9. The van der Waals surface area contributed by atoms with Crippen LogP contribution < -0.4 is 0 Å². The van der Waals surface area contributed by atoms with Crippen LogP contribution in [0.1, 0.15) is 12.6 Å². The quantitative estimate of drug-likeness (QED) is 0.611. The van der Waals surface area contributed by atoms with Gasteiger partial charge in [-0.05, 0) is 28.1 Å². The van der Waals surface area contributed by atoms with Gasteiger partial charge in [0.05, 0.1) is 27.9 Å². The van der Waals surface area contributed by atoms with Crippen LogP contribution in [0.5, 0.6) is 0 Å². The van der Waals surface area contributed by atoms with E-state index in [1.54, 1.807) is 7.05 Å². The molecular weight excluding hydrogens is 437 g/mol. The highest BCUT2D eigenvalue weighted by molar-refractivity contribution is 9.10. The highest BCUT2D eigenvalue weighted by Crippen LogP contribution is 2.32. The molecule has 0 aliphatic carbocycles. The SMILES string of the molecule is CCS(=O)(=O)c1cc(Br)cnc1-c1nc2cc(C(F)(F)F)ncc2n1C. The second-order valence-electron chi connectivity index (χ2n) is 5.45. The van der Waals surface area contributed by atoms with Gasteiger partial charge in [-0.25, -0.2) is 18.4 Å². The lowest BCUT2D eigenvalue weighted by molar-refractivity contribution is -0.141. The van der Waals surface area contributed by atoms with Crippen LogP contribution in [0.4, 0.5) is 13.2 Å². The van der Waals surface area contributed by atoms with Crippen molar-refractivity contribution in [2.24, 2.45) is 7.05 Å². The van der Waals surface area contributed by atoms with Crippen LogP contribution in [0.15, 0.2) is 33.9 Å². The smallest absolute Gasteiger partial charge is 0.324 e. The normalized spacial score (nSPS) is 12.7. The molecule has 138 valence electrons. The molecule has 0 unspecified atom stereocenters. The Hall–Kier alpha value is -2.01. The Morgan fingerprint density at radius 3 is 2.50 bits per heavy atom. The molecule has 26 heavy (non-hydrogen) atoms. The molecule has 0 radical (unpaired) electrons. The topological polar surface area (TPSA) is 77.7 Å². The lowest BCUT2D eigenvalue weighted by Crippen LogP contribution is -2.08. The predicted octanol–water partition coefficient (Wildman–Crippen LogP) is 3.61. The van der Waals surface area contributed by atoms with Crippen molar-refractivity contribution in [2.45, 2.75) is 18.0 Å². The van der Waals surface area contributed by atoms with Crippen LogP contribution >= 0.6 is 15.9 Å². The molecule has 6 nitrogen and oxygen atoms in total. The van der Waals surface area contributed by atoms with Crippen molar-refractivity contribution in [1.82, 2.24) is 19.5 Å². The summed E-state index contributed by atoms with van der Waals surface area (Å²) in [5.74, 6) is -0.0114. The summed E-state index contributed by atoms with van der Waals surface area (Å²) in [6, 6.07) is 2.23. The molecule has 0 bridgehead atoms. The van der Waals surface area contributed by atoms with Gasteiger partial charge >= 0.3 is 6.18 Å². The average molecular weight is 449 g/mol. The molecule has 0 saturated heterocycles.